The minimum absolute atomic E-state index is 0.0632. The quantitative estimate of drug-likeness (QED) is 0.766. The molecular weight excluding hydrogens is 384 g/mol. The van der Waals surface area contributed by atoms with Crippen LogP contribution in [0.4, 0.5) is 5.95 Å². The largest absolute Gasteiger partial charge is 0.486 e. The molecule has 1 aromatic heterocycles. The van der Waals surface area contributed by atoms with Gasteiger partial charge in [-0.25, -0.2) is 18.1 Å². The summed E-state index contributed by atoms with van der Waals surface area (Å²) < 4.78 is 39.1. The van der Waals surface area contributed by atoms with E-state index in [1.807, 2.05) is 4.90 Å². The van der Waals surface area contributed by atoms with Gasteiger partial charge in [-0.3, -0.25) is 9.78 Å². The van der Waals surface area contributed by atoms with Crippen molar-refractivity contribution in [1.82, 2.24) is 14.7 Å². The maximum atomic E-state index is 12.8. The minimum atomic E-state index is -3.84. The number of ether oxygens (including phenoxy) is 2. The van der Waals surface area contributed by atoms with E-state index in [0.717, 1.165) is 25.9 Å². The highest BCUT2D eigenvalue weighted by Gasteiger charge is 2.23. The molecule has 2 aliphatic rings. The molecule has 4 rings (SSSR count). The molecule has 0 radical (unpaired) electrons. The van der Waals surface area contributed by atoms with E-state index in [0.29, 0.717) is 36.4 Å². The third kappa shape index (κ3) is 3.83. The molecule has 0 amide bonds. The Morgan fingerprint density at radius 3 is 2.61 bits per heavy atom. The van der Waals surface area contributed by atoms with Crippen LogP contribution in [0, 0.1) is 0 Å². The van der Waals surface area contributed by atoms with Gasteiger partial charge in [0.2, 0.25) is 16.0 Å². The summed E-state index contributed by atoms with van der Waals surface area (Å²) in [4.78, 5) is 21.3. The van der Waals surface area contributed by atoms with Gasteiger partial charge in [0, 0.05) is 25.2 Å². The first-order valence-electron chi connectivity index (χ1n) is 9.20. The van der Waals surface area contributed by atoms with E-state index >= 15 is 0 Å². The number of anilines is 1. The van der Waals surface area contributed by atoms with E-state index in [9.17, 15) is 13.2 Å². The number of H-pyrrole nitrogens is 1. The van der Waals surface area contributed by atoms with E-state index in [-0.39, 0.29) is 10.5 Å². The molecule has 1 fully saturated rings. The lowest BCUT2D eigenvalue weighted by Gasteiger charge is -2.20. The summed E-state index contributed by atoms with van der Waals surface area (Å²) in [6.45, 7) is 4.11. The standard InChI is InChI=1S/C18H22N4O5S/c1-12(14-11-17(23)20-18(19-14)22-6-2-3-7-22)21-28(24,25)13-4-5-15-16(10-13)27-9-8-26-15/h4-5,10-12,21H,2-3,6-9H2,1H3,(H,19,20,23)/t12-/m1/s1. The Kier molecular flexibility index (Phi) is 4.98. The molecule has 1 atom stereocenters. The van der Waals surface area contributed by atoms with Gasteiger partial charge < -0.3 is 14.4 Å². The van der Waals surface area contributed by atoms with Crippen LogP contribution >= 0.6 is 0 Å². The maximum Gasteiger partial charge on any atom is 0.252 e. The monoisotopic (exact) mass is 406 g/mol. The predicted molar refractivity (Wildman–Crippen MR) is 102 cm³/mol. The van der Waals surface area contributed by atoms with Crippen LogP contribution in [0.25, 0.3) is 0 Å². The molecule has 1 aromatic carbocycles. The van der Waals surface area contributed by atoms with Crippen molar-refractivity contribution in [3.63, 3.8) is 0 Å². The lowest BCUT2D eigenvalue weighted by Crippen LogP contribution is -2.30. The summed E-state index contributed by atoms with van der Waals surface area (Å²) in [6.07, 6.45) is 2.08. The number of sulfonamides is 1. The van der Waals surface area contributed by atoms with Crippen molar-refractivity contribution < 1.29 is 17.9 Å². The molecule has 3 heterocycles. The molecule has 0 unspecified atom stereocenters. The molecule has 0 bridgehead atoms. The first kappa shape index (κ1) is 18.8. The number of hydrogen-bond acceptors (Lipinski definition) is 7. The van der Waals surface area contributed by atoms with Crippen LogP contribution in [0.2, 0.25) is 0 Å². The van der Waals surface area contributed by atoms with Crippen molar-refractivity contribution in [2.45, 2.75) is 30.7 Å². The van der Waals surface area contributed by atoms with Crippen LogP contribution in [0.15, 0.2) is 34.0 Å². The van der Waals surface area contributed by atoms with E-state index in [2.05, 4.69) is 14.7 Å². The smallest absolute Gasteiger partial charge is 0.252 e. The number of aromatic nitrogens is 2. The van der Waals surface area contributed by atoms with Crippen LogP contribution in [0.5, 0.6) is 11.5 Å². The Morgan fingerprint density at radius 2 is 1.86 bits per heavy atom. The second kappa shape index (κ2) is 7.44. The molecule has 10 heteroatoms. The van der Waals surface area contributed by atoms with Gasteiger partial charge in [0.1, 0.15) is 13.2 Å². The minimum Gasteiger partial charge on any atom is -0.486 e. The van der Waals surface area contributed by atoms with Gasteiger partial charge in [-0.1, -0.05) is 0 Å². The normalized spacial score (nSPS) is 17.5. The first-order valence-corrected chi connectivity index (χ1v) is 10.7. The van der Waals surface area contributed by atoms with Crippen LogP contribution < -0.4 is 24.7 Å². The van der Waals surface area contributed by atoms with Crippen molar-refractivity contribution in [1.29, 1.82) is 0 Å². The second-order valence-corrected chi connectivity index (χ2v) is 8.55. The number of nitrogens with one attached hydrogen (secondary N) is 2. The number of benzene rings is 1. The zero-order valence-corrected chi connectivity index (χ0v) is 16.3. The van der Waals surface area contributed by atoms with E-state index in [1.165, 1.54) is 18.2 Å². The van der Waals surface area contributed by atoms with Gasteiger partial charge >= 0.3 is 0 Å². The highest BCUT2D eigenvalue weighted by molar-refractivity contribution is 7.89. The summed E-state index contributed by atoms with van der Waals surface area (Å²) in [5, 5.41) is 0. The number of hydrogen-bond donors (Lipinski definition) is 2. The summed E-state index contributed by atoms with van der Waals surface area (Å²) >= 11 is 0. The van der Waals surface area contributed by atoms with Crippen molar-refractivity contribution in [2.75, 3.05) is 31.2 Å². The molecule has 150 valence electrons. The molecule has 2 aromatic rings. The van der Waals surface area contributed by atoms with Crippen LogP contribution in [0.3, 0.4) is 0 Å². The van der Waals surface area contributed by atoms with E-state index in [4.69, 9.17) is 9.47 Å². The molecule has 1 saturated heterocycles. The fourth-order valence-electron chi connectivity index (χ4n) is 3.32. The fraction of sp³-hybridized carbons (Fsp3) is 0.444. The van der Waals surface area contributed by atoms with Gasteiger partial charge in [0.15, 0.2) is 11.5 Å². The first-order chi connectivity index (χ1) is 13.4. The van der Waals surface area contributed by atoms with E-state index < -0.39 is 16.1 Å². The molecule has 28 heavy (non-hydrogen) atoms. The molecule has 0 saturated carbocycles. The van der Waals surface area contributed by atoms with Gasteiger partial charge in [0.25, 0.3) is 5.56 Å². The van der Waals surface area contributed by atoms with Crippen molar-refractivity contribution in [3.05, 3.63) is 40.3 Å². The lowest BCUT2D eigenvalue weighted by molar-refractivity contribution is 0.171. The number of nitrogens with zero attached hydrogens (tertiary/aromatic N) is 2. The molecule has 0 spiro atoms. The van der Waals surface area contributed by atoms with Gasteiger partial charge in [-0.15, -0.1) is 0 Å². The molecule has 9 nitrogen and oxygen atoms in total. The summed E-state index contributed by atoms with van der Waals surface area (Å²) in [6, 6.07) is 5.11. The average molecular weight is 406 g/mol. The lowest BCUT2D eigenvalue weighted by atomic mass is 10.2. The fourth-order valence-corrected chi connectivity index (χ4v) is 4.55. The molecule has 2 N–H and O–H groups in total. The van der Waals surface area contributed by atoms with Gasteiger partial charge in [-0.05, 0) is 31.9 Å². The van der Waals surface area contributed by atoms with Crippen LogP contribution in [-0.2, 0) is 10.0 Å². The Bertz CT molecular complexity index is 1030. The van der Waals surface area contributed by atoms with Gasteiger partial charge in [0.05, 0.1) is 16.6 Å². The van der Waals surface area contributed by atoms with Crippen molar-refractivity contribution >= 4 is 16.0 Å². The zero-order chi connectivity index (χ0) is 19.7. The Hall–Kier alpha value is -2.59. The third-order valence-electron chi connectivity index (χ3n) is 4.75. The summed E-state index contributed by atoms with van der Waals surface area (Å²) in [5.74, 6) is 1.39. The topological polar surface area (TPSA) is 114 Å². The Morgan fingerprint density at radius 1 is 1.14 bits per heavy atom. The highest BCUT2D eigenvalue weighted by atomic mass is 32.2. The molecule has 2 aliphatic heterocycles. The Balaban J connectivity index is 1.57. The maximum absolute atomic E-state index is 12.8. The molecule has 0 aliphatic carbocycles. The number of aromatic amines is 1. The second-order valence-electron chi connectivity index (χ2n) is 6.84. The van der Waals surface area contributed by atoms with Crippen LogP contribution in [0.1, 0.15) is 31.5 Å². The SMILES string of the molecule is C[C@@H](NS(=O)(=O)c1ccc2c(c1)OCCO2)c1cc(=O)[nH]c(N2CCCC2)n1. The van der Waals surface area contributed by atoms with Crippen LogP contribution in [-0.4, -0.2) is 44.7 Å². The molecular formula is C18H22N4O5S. The summed E-state index contributed by atoms with van der Waals surface area (Å²) in [5.41, 5.74) is 0.0593. The summed E-state index contributed by atoms with van der Waals surface area (Å²) in [7, 11) is -3.84. The third-order valence-corrected chi connectivity index (χ3v) is 6.29. The zero-order valence-electron chi connectivity index (χ0n) is 15.5. The number of fused-ring (bicyclic) bond motifs is 1. The average Bonchev–Trinajstić information content (AvgIpc) is 3.21. The Labute approximate surface area is 162 Å². The van der Waals surface area contributed by atoms with E-state index in [1.54, 1.807) is 13.0 Å². The van der Waals surface area contributed by atoms with Gasteiger partial charge in [-0.2, -0.15) is 0 Å². The number of rotatable bonds is 5. The predicted octanol–water partition coefficient (Wildman–Crippen LogP) is 1.18. The van der Waals surface area contributed by atoms with Crippen molar-refractivity contribution in [2.24, 2.45) is 0 Å². The highest BCUT2D eigenvalue weighted by Crippen LogP contribution is 2.32. The van der Waals surface area contributed by atoms with Crippen molar-refractivity contribution in [3.8, 4) is 11.5 Å².